The van der Waals surface area contributed by atoms with Crippen LogP contribution in [0.25, 0.3) is 11.3 Å². The second-order valence-electron chi connectivity index (χ2n) is 7.23. The van der Waals surface area contributed by atoms with Crippen LogP contribution in [0.5, 0.6) is 11.5 Å². The Morgan fingerprint density at radius 3 is 2.48 bits per heavy atom. The van der Waals surface area contributed by atoms with Crippen molar-refractivity contribution in [2.45, 2.75) is 12.5 Å². The van der Waals surface area contributed by atoms with Crippen molar-refractivity contribution < 1.29 is 19.0 Å². The lowest BCUT2D eigenvalue weighted by Gasteiger charge is -2.27. The number of halogens is 1. The zero-order chi connectivity index (χ0) is 22.0. The van der Waals surface area contributed by atoms with Gasteiger partial charge in [0.25, 0.3) is 5.91 Å². The molecule has 0 fully saturated rings. The molecule has 8 heteroatoms. The first-order valence-electron chi connectivity index (χ1n) is 9.95. The number of methoxy groups -OCH3 is 3. The Bertz CT molecular complexity index is 1080. The molecule has 162 valence electrons. The molecule has 4 rings (SSSR count). The van der Waals surface area contributed by atoms with Crippen LogP contribution in [0, 0.1) is 0 Å². The smallest absolute Gasteiger partial charge is 0.273 e. The fourth-order valence-corrected chi connectivity index (χ4v) is 4.13. The van der Waals surface area contributed by atoms with E-state index in [-0.39, 0.29) is 11.9 Å². The quantitative estimate of drug-likeness (QED) is 0.526. The van der Waals surface area contributed by atoms with Crippen LogP contribution in [0.4, 0.5) is 0 Å². The Morgan fingerprint density at radius 1 is 1.06 bits per heavy atom. The normalized spacial score (nSPS) is 15.3. The SMILES string of the molecule is COCCCN1C(=O)c2[nH]nc(-c3ccc(Cl)cc3)c2C1c1ccc(OC)c(OC)c1. The molecule has 0 saturated heterocycles. The molecule has 1 aliphatic rings. The summed E-state index contributed by atoms with van der Waals surface area (Å²) in [6.07, 6.45) is 0.722. The molecule has 31 heavy (non-hydrogen) atoms. The van der Waals surface area contributed by atoms with Crippen LogP contribution >= 0.6 is 11.6 Å². The van der Waals surface area contributed by atoms with Crippen LogP contribution in [0.3, 0.4) is 0 Å². The third kappa shape index (κ3) is 3.86. The van der Waals surface area contributed by atoms with Crippen LogP contribution in [-0.2, 0) is 4.74 Å². The third-order valence-corrected chi connectivity index (χ3v) is 5.70. The number of rotatable bonds is 8. The minimum Gasteiger partial charge on any atom is -0.493 e. The summed E-state index contributed by atoms with van der Waals surface area (Å²) in [5.41, 5.74) is 3.88. The minimum absolute atomic E-state index is 0.0846. The van der Waals surface area contributed by atoms with Crippen LogP contribution in [0.2, 0.25) is 5.02 Å². The summed E-state index contributed by atoms with van der Waals surface area (Å²) in [6, 6.07) is 12.8. The number of carbonyl (C=O) groups excluding carboxylic acids is 1. The van der Waals surface area contributed by atoms with E-state index in [1.165, 1.54) is 0 Å². The van der Waals surface area contributed by atoms with Crippen molar-refractivity contribution >= 4 is 17.5 Å². The molecule has 2 heterocycles. The summed E-state index contributed by atoms with van der Waals surface area (Å²) >= 11 is 6.07. The fourth-order valence-electron chi connectivity index (χ4n) is 4.00. The number of amides is 1. The van der Waals surface area contributed by atoms with Gasteiger partial charge in [0, 0.05) is 36.4 Å². The zero-order valence-corrected chi connectivity index (χ0v) is 18.4. The van der Waals surface area contributed by atoms with E-state index < -0.39 is 0 Å². The van der Waals surface area contributed by atoms with Gasteiger partial charge in [0.05, 0.1) is 26.0 Å². The second-order valence-corrected chi connectivity index (χ2v) is 7.67. The van der Waals surface area contributed by atoms with Gasteiger partial charge in [-0.05, 0) is 36.2 Å². The summed E-state index contributed by atoms with van der Waals surface area (Å²) in [5.74, 6) is 1.15. The van der Waals surface area contributed by atoms with Gasteiger partial charge in [0.1, 0.15) is 5.69 Å². The van der Waals surface area contributed by atoms with E-state index in [9.17, 15) is 4.79 Å². The molecule has 1 aromatic heterocycles. The second kappa shape index (κ2) is 8.99. The van der Waals surface area contributed by atoms with E-state index in [1.54, 1.807) is 21.3 Å². The van der Waals surface area contributed by atoms with Gasteiger partial charge in [-0.3, -0.25) is 9.89 Å². The number of hydrogen-bond donors (Lipinski definition) is 1. The highest BCUT2D eigenvalue weighted by Crippen LogP contribution is 2.44. The Balaban J connectivity index is 1.83. The van der Waals surface area contributed by atoms with Gasteiger partial charge in [0.2, 0.25) is 0 Å². The van der Waals surface area contributed by atoms with Crippen LogP contribution in [0.15, 0.2) is 42.5 Å². The number of nitrogens with one attached hydrogen (secondary N) is 1. The molecular weight excluding hydrogens is 418 g/mol. The zero-order valence-electron chi connectivity index (χ0n) is 17.6. The molecule has 1 atom stereocenters. The number of carbonyl (C=O) groups is 1. The van der Waals surface area contributed by atoms with Crippen LogP contribution in [0.1, 0.15) is 34.1 Å². The first-order valence-corrected chi connectivity index (χ1v) is 10.3. The molecule has 2 aromatic carbocycles. The molecule has 0 spiro atoms. The molecule has 0 aliphatic carbocycles. The van der Waals surface area contributed by atoms with E-state index in [4.69, 9.17) is 25.8 Å². The lowest BCUT2D eigenvalue weighted by Crippen LogP contribution is -2.31. The van der Waals surface area contributed by atoms with E-state index >= 15 is 0 Å². The summed E-state index contributed by atoms with van der Waals surface area (Å²) in [5, 5.41) is 8.08. The van der Waals surface area contributed by atoms with Crippen LogP contribution < -0.4 is 9.47 Å². The van der Waals surface area contributed by atoms with Gasteiger partial charge in [-0.1, -0.05) is 29.8 Å². The number of fused-ring (bicyclic) bond motifs is 1. The predicted octanol–water partition coefficient (Wildman–Crippen LogP) is 4.33. The first-order chi connectivity index (χ1) is 15.1. The average molecular weight is 442 g/mol. The summed E-state index contributed by atoms with van der Waals surface area (Å²) in [7, 11) is 4.85. The molecule has 7 nitrogen and oxygen atoms in total. The third-order valence-electron chi connectivity index (χ3n) is 5.45. The van der Waals surface area contributed by atoms with E-state index in [0.717, 1.165) is 28.8 Å². The minimum atomic E-state index is -0.316. The largest absolute Gasteiger partial charge is 0.493 e. The number of hydrogen-bond acceptors (Lipinski definition) is 5. The molecule has 3 aromatic rings. The van der Waals surface area contributed by atoms with E-state index in [1.807, 2.05) is 47.4 Å². The Morgan fingerprint density at radius 2 is 1.81 bits per heavy atom. The van der Waals surface area contributed by atoms with Gasteiger partial charge in [-0.15, -0.1) is 0 Å². The molecule has 0 bridgehead atoms. The van der Waals surface area contributed by atoms with Crippen LogP contribution in [-0.4, -0.2) is 55.5 Å². The van der Waals surface area contributed by atoms with E-state index in [0.29, 0.717) is 35.4 Å². The maximum Gasteiger partial charge on any atom is 0.273 e. The van der Waals surface area contributed by atoms with Gasteiger partial charge in [0.15, 0.2) is 11.5 Å². The highest BCUT2D eigenvalue weighted by atomic mass is 35.5. The number of ether oxygens (including phenoxy) is 3. The highest BCUT2D eigenvalue weighted by Gasteiger charge is 2.42. The van der Waals surface area contributed by atoms with Crippen molar-refractivity contribution in [3.63, 3.8) is 0 Å². The lowest BCUT2D eigenvalue weighted by atomic mass is 9.95. The number of H-pyrrole nitrogens is 1. The predicted molar refractivity (Wildman–Crippen MR) is 118 cm³/mol. The maximum atomic E-state index is 13.3. The maximum absolute atomic E-state index is 13.3. The number of aromatic amines is 1. The summed E-state index contributed by atoms with van der Waals surface area (Å²) in [4.78, 5) is 15.1. The molecule has 1 unspecified atom stereocenters. The van der Waals surface area contributed by atoms with Crippen molar-refractivity contribution in [1.29, 1.82) is 0 Å². The molecule has 0 radical (unpaired) electrons. The van der Waals surface area contributed by atoms with Gasteiger partial charge in [-0.2, -0.15) is 5.10 Å². The molecular formula is C23H24ClN3O4. The lowest BCUT2D eigenvalue weighted by molar-refractivity contribution is 0.0723. The average Bonchev–Trinajstić information content (AvgIpc) is 3.33. The molecule has 1 N–H and O–H groups in total. The van der Waals surface area contributed by atoms with Crippen molar-refractivity contribution in [2.75, 3.05) is 34.5 Å². The molecule has 0 saturated carbocycles. The van der Waals surface area contributed by atoms with Gasteiger partial charge >= 0.3 is 0 Å². The number of nitrogens with zero attached hydrogens (tertiary/aromatic N) is 2. The first kappa shape index (κ1) is 21.2. The highest BCUT2D eigenvalue weighted by molar-refractivity contribution is 6.30. The Hall–Kier alpha value is -3.03. The van der Waals surface area contributed by atoms with Crippen molar-refractivity contribution in [3.05, 3.63) is 64.3 Å². The van der Waals surface area contributed by atoms with E-state index in [2.05, 4.69) is 10.2 Å². The monoisotopic (exact) mass is 441 g/mol. The van der Waals surface area contributed by atoms with Gasteiger partial charge < -0.3 is 19.1 Å². The standard InChI is InChI=1S/C23H24ClN3O4/c1-29-12-4-11-27-22(15-7-10-17(30-2)18(13-15)31-3)19-20(25-26-21(19)23(27)28)14-5-8-16(24)9-6-14/h5-10,13,22H,4,11-12H2,1-3H3,(H,25,26). The van der Waals surface area contributed by atoms with Crippen molar-refractivity contribution in [1.82, 2.24) is 15.1 Å². The van der Waals surface area contributed by atoms with Gasteiger partial charge in [-0.25, -0.2) is 0 Å². The topological polar surface area (TPSA) is 76.7 Å². The number of benzene rings is 2. The molecule has 1 aliphatic heterocycles. The Labute approximate surface area is 185 Å². The number of aromatic nitrogens is 2. The summed E-state index contributed by atoms with van der Waals surface area (Å²) < 4.78 is 16.1. The Kier molecular flexibility index (Phi) is 6.15. The van der Waals surface area contributed by atoms with Crippen molar-refractivity contribution in [3.8, 4) is 22.8 Å². The molecule has 1 amide bonds. The fraction of sp³-hybridized carbons (Fsp3) is 0.304. The summed E-state index contributed by atoms with van der Waals surface area (Å²) in [6.45, 7) is 1.12. The van der Waals surface area contributed by atoms with Crippen molar-refractivity contribution in [2.24, 2.45) is 0 Å².